The number of aromatic nitrogens is 1. The molecule has 0 bridgehead atoms. The summed E-state index contributed by atoms with van der Waals surface area (Å²) in [6, 6.07) is 4.00. The number of hydrogen-bond acceptors (Lipinski definition) is 3. The van der Waals surface area contributed by atoms with Crippen molar-refractivity contribution in [3.05, 3.63) is 22.3 Å². The lowest BCUT2D eigenvalue weighted by atomic mass is 9.93. The van der Waals surface area contributed by atoms with E-state index in [0.717, 1.165) is 23.0 Å². The van der Waals surface area contributed by atoms with Gasteiger partial charge in [-0.25, -0.2) is 4.98 Å². The van der Waals surface area contributed by atoms with Crippen LogP contribution in [0.5, 0.6) is 5.88 Å². The van der Waals surface area contributed by atoms with E-state index in [1.807, 2.05) is 19.1 Å². The van der Waals surface area contributed by atoms with Gasteiger partial charge in [0.15, 0.2) is 0 Å². The Labute approximate surface area is 105 Å². The van der Waals surface area contributed by atoms with E-state index in [1.54, 1.807) is 0 Å². The molecule has 16 heavy (non-hydrogen) atoms. The molecule has 0 aliphatic heterocycles. The summed E-state index contributed by atoms with van der Waals surface area (Å²) in [6.07, 6.45) is 4.64. The van der Waals surface area contributed by atoms with Crippen molar-refractivity contribution in [2.45, 2.75) is 44.8 Å². The molecule has 1 aromatic heterocycles. The summed E-state index contributed by atoms with van der Waals surface area (Å²) in [5, 5.41) is 0. The van der Waals surface area contributed by atoms with Crippen molar-refractivity contribution in [1.29, 1.82) is 0 Å². The number of pyridine rings is 1. The van der Waals surface area contributed by atoms with Gasteiger partial charge in [-0.05, 0) is 48.2 Å². The Morgan fingerprint density at radius 2 is 2.12 bits per heavy atom. The van der Waals surface area contributed by atoms with Gasteiger partial charge in [-0.15, -0.1) is 0 Å². The van der Waals surface area contributed by atoms with E-state index in [1.165, 1.54) is 12.8 Å². The normalized spacial score (nSPS) is 25.4. The van der Waals surface area contributed by atoms with Crippen LogP contribution in [-0.4, -0.2) is 17.1 Å². The molecule has 1 saturated carbocycles. The number of ether oxygens (including phenoxy) is 1. The highest BCUT2D eigenvalue weighted by Gasteiger charge is 2.23. The van der Waals surface area contributed by atoms with Crippen LogP contribution in [0, 0.1) is 6.92 Å². The Morgan fingerprint density at radius 1 is 1.38 bits per heavy atom. The number of aryl methyl sites for hydroxylation is 1. The molecule has 2 unspecified atom stereocenters. The molecule has 0 radical (unpaired) electrons. The van der Waals surface area contributed by atoms with Gasteiger partial charge in [-0.1, -0.05) is 6.42 Å². The van der Waals surface area contributed by atoms with Crippen molar-refractivity contribution in [2.75, 3.05) is 0 Å². The first-order chi connectivity index (χ1) is 7.66. The molecule has 1 aromatic rings. The van der Waals surface area contributed by atoms with Crippen LogP contribution in [0.4, 0.5) is 0 Å². The van der Waals surface area contributed by atoms with Crippen LogP contribution in [0.2, 0.25) is 0 Å². The van der Waals surface area contributed by atoms with Crippen molar-refractivity contribution < 1.29 is 4.74 Å². The van der Waals surface area contributed by atoms with Crippen molar-refractivity contribution in [3.8, 4) is 5.88 Å². The topological polar surface area (TPSA) is 48.1 Å². The molecule has 88 valence electrons. The second-order valence-corrected chi connectivity index (χ2v) is 5.18. The fourth-order valence-corrected chi connectivity index (χ4v) is 2.23. The first kappa shape index (κ1) is 11.9. The molecular weight excluding hydrogens is 268 g/mol. The quantitative estimate of drug-likeness (QED) is 0.909. The Balaban J connectivity index is 2.05. The summed E-state index contributed by atoms with van der Waals surface area (Å²) < 4.78 is 6.85. The van der Waals surface area contributed by atoms with Crippen LogP contribution in [0.15, 0.2) is 16.6 Å². The minimum atomic E-state index is 0.127. The van der Waals surface area contributed by atoms with Crippen LogP contribution in [0.1, 0.15) is 31.4 Å². The minimum Gasteiger partial charge on any atom is -0.473 e. The Kier molecular flexibility index (Phi) is 3.82. The zero-order valence-corrected chi connectivity index (χ0v) is 11.0. The van der Waals surface area contributed by atoms with Gasteiger partial charge in [0, 0.05) is 16.6 Å². The highest BCUT2D eigenvalue weighted by molar-refractivity contribution is 9.10. The van der Waals surface area contributed by atoms with E-state index in [0.29, 0.717) is 5.88 Å². The van der Waals surface area contributed by atoms with Crippen LogP contribution in [0.25, 0.3) is 0 Å². The van der Waals surface area contributed by atoms with Gasteiger partial charge in [0.2, 0.25) is 5.88 Å². The highest BCUT2D eigenvalue weighted by Crippen LogP contribution is 2.23. The van der Waals surface area contributed by atoms with Crippen molar-refractivity contribution >= 4 is 15.9 Å². The lowest BCUT2D eigenvalue weighted by Crippen LogP contribution is -2.41. The lowest BCUT2D eigenvalue weighted by Gasteiger charge is -2.28. The van der Waals surface area contributed by atoms with E-state index in [9.17, 15) is 0 Å². The van der Waals surface area contributed by atoms with Crippen LogP contribution < -0.4 is 10.5 Å². The number of halogens is 1. The molecule has 0 saturated heterocycles. The zero-order chi connectivity index (χ0) is 11.5. The Hall–Kier alpha value is -0.610. The minimum absolute atomic E-state index is 0.127. The fourth-order valence-electron chi connectivity index (χ4n) is 2.01. The zero-order valence-electron chi connectivity index (χ0n) is 9.45. The molecule has 0 aromatic carbocycles. The van der Waals surface area contributed by atoms with Crippen molar-refractivity contribution in [2.24, 2.45) is 5.73 Å². The molecule has 0 spiro atoms. The maximum Gasteiger partial charge on any atom is 0.213 e. The molecule has 2 N–H and O–H groups in total. The predicted molar refractivity (Wildman–Crippen MR) is 67.5 cm³/mol. The van der Waals surface area contributed by atoms with Gasteiger partial charge >= 0.3 is 0 Å². The summed E-state index contributed by atoms with van der Waals surface area (Å²) in [5.74, 6) is 0.683. The summed E-state index contributed by atoms with van der Waals surface area (Å²) in [5.41, 5.74) is 6.98. The largest absolute Gasteiger partial charge is 0.473 e. The van der Waals surface area contributed by atoms with E-state index in [2.05, 4.69) is 20.9 Å². The Bertz CT molecular complexity index is 370. The standard InChI is InChI=1S/C12H17BrN2O/c1-8-9(13)6-7-12(15-8)16-11-5-3-2-4-10(11)14/h6-7,10-11H,2-5,14H2,1H3. The molecule has 0 amide bonds. The van der Waals surface area contributed by atoms with Crippen molar-refractivity contribution in [1.82, 2.24) is 4.98 Å². The van der Waals surface area contributed by atoms with Gasteiger partial charge in [-0.3, -0.25) is 0 Å². The van der Waals surface area contributed by atoms with Gasteiger partial charge < -0.3 is 10.5 Å². The highest BCUT2D eigenvalue weighted by atomic mass is 79.9. The van der Waals surface area contributed by atoms with Crippen molar-refractivity contribution in [3.63, 3.8) is 0 Å². The third kappa shape index (κ3) is 2.74. The Morgan fingerprint density at radius 3 is 2.81 bits per heavy atom. The first-order valence-electron chi connectivity index (χ1n) is 5.72. The molecule has 2 rings (SSSR count). The van der Waals surface area contributed by atoms with Crippen LogP contribution >= 0.6 is 15.9 Å². The molecule has 2 atom stereocenters. The second kappa shape index (κ2) is 5.15. The number of hydrogen-bond donors (Lipinski definition) is 1. The molecule has 1 aliphatic rings. The van der Waals surface area contributed by atoms with Gasteiger partial charge in [0.05, 0.1) is 5.69 Å². The number of nitrogens with zero attached hydrogens (tertiary/aromatic N) is 1. The molecular formula is C12H17BrN2O. The second-order valence-electron chi connectivity index (χ2n) is 4.32. The average molecular weight is 285 g/mol. The van der Waals surface area contributed by atoms with E-state index < -0.39 is 0 Å². The van der Waals surface area contributed by atoms with Gasteiger partial charge in [0.25, 0.3) is 0 Å². The molecule has 1 fully saturated rings. The number of nitrogens with two attached hydrogens (primary N) is 1. The average Bonchev–Trinajstić information content (AvgIpc) is 2.27. The third-order valence-electron chi connectivity index (χ3n) is 3.02. The molecule has 1 heterocycles. The monoisotopic (exact) mass is 284 g/mol. The van der Waals surface area contributed by atoms with Crippen LogP contribution in [0.3, 0.4) is 0 Å². The lowest BCUT2D eigenvalue weighted by molar-refractivity contribution is 0.126. The molecule has 1 aliphatic carbocycles. The smallest absolute Gasteiger partial charge is 0.213 e. The first-order valence-corrected chi connectivity index (χ1v) is 6.51. The summed E-state index contributed by atoms with van der Waals surface area (Å²) >= 11 is 3.42. The van der Waals surface area contributed by atoms with Gasteiger partial charge in [-0.2, -0.15) is 0 Å². The fraction of sp³-hybridized carbons (Fsp3) is 0.583. The molecule has 3 nitrogen and oxygen atoms in total. The SMILES string of the molecule is Cc1nc(OC2CCCCC2N)ccc1Br. The predicted octanol–water partition coefficient (Wildman–Crippen LogP) is 2.80. The maximum absolute atomic E-state index is 6.03. The van der Waals surface area contributed by atoms with Crippen LogP contribution in [-0.2, 0) is 0 Å². The maximum atomic E-state index is 6.03. The molecule has 4 heteroatoms. The van der Waals surface area contributed by atoms with Gasteiger partial charge in [0.1, 0.15) is 6.10 Å². The van der Waals surface area contributed by atoms with E-state index in [4.69, 9.17) is 10.5 Å². The number of rotatable bonds is 2. The third-order valence-corrected chi connectivity index (χ3v) is 3.86. The van der Waals surface area contributed by atoms with E-state index >= 15 is 0 Å². The van der Waals surface area contributed by atoms with E-state index in [-0.39, 0.29) is 12.1 Å². The summed E-state index contributed by atoms with van der Waals surface area (Å²) in [7, 11) is 0. The summed E-state index contributed by atoms with van der Waals surface area (Å²) in [6.45, 7) is 1.96. The summed E-state index contributed by atoms with van der Waals surface area (Å²) in [4.78, 5) is 4.38.